The predicted octanol–water partition coefficient (Wildman–Crippen LogP) is 3.51. The van der Waals surface area contributed by atoms with Gasteiger partial charge in [0.1, 0.15) is 10.2 Å². The predicted molar refractivity (Wildman–Crippen MR) is 72.5 cm³/mol. The molecule has 6 heteroatoms. The highest BCUT2D eigenvalue weighted by Crippen LogP contribution is 2.33. The molecule has 1 aromatic heterocycles. The van der Waals surface area contributed by atoms with E-state index in [1.165, 1.54) is 0 Å². The molecule has 1 aromatic carbocycles. The number of ether oxygens (including phenoxy) is 1. The highest BCUT2D eigenvalue weighted by molar-refractivity contribution is 9.10. The summed E-state index contributed by atoms with van der Waals surface area (Å²) >= 11 is 3.19. The van der Waals surface area contributed by atoms with Gasteiger partial charge in [-0.2, -0.15) is 0 Å². The minimum absolute atomic E-state index is 0.137. The Balaban J connectivity index is 2.42. The maximum Gasteiger partial charge on any atom is 0.359 e. The van der Waals surface area contributed by atoms with Gasteiger partial charge < -0.3 is 14.4 Å². The number of rotatable bonds is 4. The molecule has 0 radical (unpaired) electrons. The van der Waals surface area contributed by atoms with Crippen LogP contribution in [-0.2, 0) is 0 Å². The molecular weight excluding hydrogens is 314 g/mol. The van der Waals surface area contributed by atoms with E-state index in [9.17, 15) is 4.79 Å². The van der Waals surface area contributed by atoms with E-state index in [1.54, 1.807) is 6.07 Å². The van der Waals surface area contributed by atoms with Gasteiger partial charge in [0.05, 0.1) is 6.61 Å². The van der Waals surface area contributed by atoms with Crippen LogP contribution in [0.2, 0.25) is 0 Å². The zero-order valence-corrected chi connectivity index (χ0v) is 12.0. The second-order valence-corrected chi connectivity index (χ2v) is 4.69. The summed E-state index contributed by atoms with van der Waals surface area (Å²) in [5.41, 5.74) is 1.55. The fraction of sp³-hybridized carbons (Fsp3) is 0.231. The van der Waals surface area contributed by atoms with Gasteiger partial charge in [-0.1, -0.05) is 5.16 Å². The lowest BCUT2D eigenvalue weighted by Gasteiger charge is -2.07. The SMILES string of the molecule is CCOc1ccc(-c2onc(C(=O)O)c2Br)cc1C. The topological polar surface area (TPSA) is 72.6 Å². The van der Waals surface area contributed by atoms with Crippen molar-refractivity contribution < 1.29 is 19.2 Å². The van der Waals surface area contributed by atoms with Crippen LogP contribution in [0.25, 0.3) is 11.3 Å². The van der Waals surface area contributed by atoms with E-state index in [2.05, 4.69) is 21.1 Å². The molecule has 0 aliphatic carbocycles. The fourth-order valence-corrected chi connectivity index (χ4v) is 2.24. The number of hydrogen-bond acceptors (Lipinski definition) is 4. The van der Waals surface area contributed by atoms with Gasteiger partial charge in [0.15, 0.2) is 5.76 Å². The Morgan fingerprint density at radius 3 is 2.79 bits per heavy atom. The Bertz CT molecular complexity index is 621. The van der Waals surface area contributed by atoms with Gasteiger partial charge in [-0.15, -0.1) is 0 Å². The molecule has 0 spiro atoms. The van der Waals surface area contributed by atoms with Crippen molar-refractivity contribution in [3.05, 3.63) is 33.9 Å². The van der Waals surface area contributed by atoms with Gasteiger partial charge in [-0.3, -0.25) is 0 Å². The molecule has 100 valence electrons. The third-order valence-electron chi connectivity index (χ3n) is 2.58. The van der Waals surface area contributed by atoms with Crippen molar-refractivity contribution in [1.82, 2.24) is 5.16 Å². The number of aromatic carboxylic acids is 1. The van der Waals surface area contributed by atoms with Gasteiger partial charge in [-0.25, -0.2) is 4.79 Å². The molecule has 0 unspecified atom stereocenters. The molecule has 19 heavy (non-hydrogen) atoms. The Morgan fingerprint density at radius 2 is 2.26 bits per heavy atom. The highest BCUT2D eigenvalue weighted by atomic mass is 79.9. The molecule has 1 heterocycles. The van der Waals surface area contributed by atoms with E-state index in [1.807, 2.05) is 26.0 Å². The van der Waals surface area contributed by atoms with Gasteiger partial charge >= 0.3 is 5.97 Å². The summed E-state index contributed by atoms with van der Waals surface area (Å²) in [7, 11) is 0. The fourth-order valence-electron chi connectivity index (χ4n) is 1.70. The van der Waals surface area contributed by atoms with Crippen LogP contribution in [0.15, 0.2) is 27.2 Å². The summed E-state index contributed by atoms with van der Waals surface area (Å²) in [5.74, 6) is 0.0495. The van der Waals surface area contributed by atoms with E-state index < -0.39 is 5.97 Å². The zero-order chi connectivity index (χ0) is 14.0. The number of nitrogens with zero attached hydrogens (tertiary/aromatic N) is 1. The first-order valence-electron chi connectivity index (χ1n) is 5.66. The minimum Gasteiger partial charge on any atom is -0.494 e. The Kier molecular flexibility index (Phi) is 3.90. The summed E-state index contributed by atoms with van der Waals surface area (Å²) < 4.78 is 10.9. The third kappa shape index (κ3) is 2.63. The van der Waals surface area contributed by atoms with Crippen molar-refractivity contribution in [1.29, 1.82) is 0 Å². The Labute approximate surface area is 118 Å². The van der Waals surface area contributed by atoms with Crippen molar-refractivity contribution in [3.63, 3.8) is 0 Å². The number of carboxylic acid groups (broad SMARTS) is 1. The van der Waals surface area contributed by atoms with Crippen molar-refractivity contribution in [3.8, 4) is 17.1 Å². The van der Waals surface area contributed by atoms with Gasteiger partial charge in [-0.05, 0) is 53.5 Å². The van der Waals surface area contributed by atoms with Crippen LogP contribution >= 0.6 is 15.9 Å². The van der Waals surface area contributed by atoms with Crippen molar-refractivity contribution >= 4 is 21.9 Å². The smallest absolute Gasteiger partial charge is 0.359 e. The molecule has 5 nitrogen and oxygen atoms in total. The minimum atomic E-state index is -1.13. The van der Waals surface area contributed by atoms with Crippen LogP contribution in [0, 0.1) is 6.92 Å². The lowest BCUT2D eigenvalue weighted by Crippen LogP contribution is -1.96. The number of hydrogen-bond donors (Lipinski definition) is 1. The molecule has 0 saturated heterocycles. The van der Waals surface area contributed by atoms with E-state index in [4.69, 9.17) is 14.4 Å². The number of aryl methyl sites for hydroxylation is 1. The van der Waals surface area contributed by atoms with Crippen LogP contribution in [0.5, 0.6) is 5.75 Å². The molecule has 2 rings (SSSR count). The van der Waals surface area contributed by atoms with E-state index in [0.717, 1.165) is 16.9 Å². The highest BCUT2D eigenvalue weighted by Gasteiger charge is 2.20. The Morgan fingerprint density at radius 1 is 1.53 bits per heavy atom. The van der Waals surface area contributed by atoms with Gasteiger partial charge in [0.2, 0.25) is 5.69 Å². The summed E-state index contributed by atoms with van der Waals surface area (Å²) in [5, 5.41) is 12.4. The van der Waals surface area contributed by atoms with Gasteiger partial charge in [0.25, 0.3) is 0 Å². The van der Waals surface area contributed by atoms with Crippen molar-refractivity contribution in [2.24, 2.45) is 0 Å². The zero-order valence-electron chi connectivity index (χ0n) is 10.4. The molecule has 1 N–H and O–H groups in total. The van der Waals surface area contributed by atoms with Crippen LogP contribution in [-0.4, -0.2) is 22.8 Å². The first-order chi connectivity index (χ1) is 9.04. The summed E-state index contributed by atoms with van der Waals surface area (Å²) in [4.78, 5) is 10.9. The third-order valence-corrected chi connectivity index (χ3v) is 3.31. The van der Waals surface area contributed by atoms with E-state index >= 15 is 0 Å². The van der Waals surface area contributed by atoms with Crippen LogP contribution in [0.4, 0.5) is 0 Å². The second kappa shape index (κ2) is 5.44. The monoisotopic (exact) mass is 325 g/mol. The molecule has 0 aliphatic rings. The number of aromatic nitrogens is 1. The van der Waals surface area contributed by atoms with Crippen LogP contribution in [0.3, 0.4) is 0 Å². The molecule has 0 fully saturated rings. The first kappa shape index (κ1) is 13.6. The molecule has 0 amide bonds. The Hall–Kier alpha value is -1.82. The molecule has 0 bridgehead atoms. The lowest BCUT2D eigenvalue weighted by atomic mass is 10.1. The second-order valence-electron chi connectivity index (χ2n) is 3.89. The molecule has 0 aliphatic heterocycles. The number of benzene rings is 1. The average molecular weight is 326 g/mol. The van der Waals surface area contributed by atoms with Crippen molar-refractivity contribution in [2.45, 2.75) is 13.8 Å². The molecule has 2 aromatic rings. The van der Waals surface area contributed by atoms with Gasteiger partial charge in [0, 0.05) is 5.56 Å². The number of halogens is 1. The summed E-state index contributed by atoms with van der Waals surface area (Å²) in [6, 6.07) is 5.49. The van der Waals surface area contributed by atoms with Crippen LogP contribution < -0.4 is 4.74 Å². The average Bonchev–Trinajstić information content (AvgIpc) is 2.74. The maximum absolute atomic E-state index is 10.9. The van der Waals surface area contributed by atoms with E-state index in [0.29, 0.717) is 16.8 Å². The lowest BCUT2D eigenvalue weighted by molar-refractivity contribution is 0.0685. The molecular formula is C13H12BrNO4. The van der Waals surface area contributed by atoms with Crippen LogP contribution in [0.1, 0.15) is 23.0 Å². The largest absolute Gasteiger partial charge is 0.494 e. The maximum atomic E-state index is 10.9. The van der Waals surface area contributed by atoms with Crippen molar-refractivity contribution in [2.75, 3.05) is 6.61 Å². The van der Waals surface area contributed by atoms with E-state index in [-0.39, 0.29) is 5.69 Å². The molecule has 0 saturated carbocycles. The standard InChI is InChI=1S/C13H12BrNO4/c1-3-18-9-5-4-8(6-7(9)2)12-10(14)11(13(16)17)15-19-12/h4-6H,3H2,1-2H3,(H,16,17). The number of carboxylic acids is 1. The number of carbonyl (C=O) groups is 1. The summed E-state index contributed by atoms with van der Waals surface area (Å²) in [6.45, 7) is 4.42. The normalized spacial score (nSPS) is 10.5. The molecule has 0 atom stereocenters. The summed E-state index contributed by atoms with van der Waals surface area (Å²) in [6.07, 6.45) is 0. The quantitative estimate of drug-likeness (QED) is 0.931. The first-order valence-corrected chi connectivity index (χ1v) is 6.46.